The maximum atomic E-state index is 12.0. The molecule has 1 rings (SSSR count). The van der Waals surface area contributed by atoms with Gasteiger partial charge < -0.3 is 25.0 Å². The maximum absolute atomic E-state index is 12.0. The zero-order valence-corrected chi connectivity index (χ0v) is 12.7. The van der Waals surface area contributed by atoms with Crippen LogP contribution in [0.2, 0.25) is 0 Å². The van der Waals surface area contributed by atoms with Crippen LogP contribution in [0.25, 0.3) is 0 Å². The van der Waals surface area contributed by atoms with Crippen molar-refractivity contribution in [3.05, 3.63) is 0 Å². The topological polar surface area (TPSA) is 99.2 Å². The number of rotatable bonds is 6. The minimum Gasteiger partial charge on any atom is -0.481 e. The largest absolute Gasteiger partial charge is 0.481 e. The van der Waals surface area contributed by atoms with Crippen molar-refractivity contribution in [1.82, 2.24) is 15.1 Å². The summed E-state index contributed by atoms with van der Waals surface area (Å²) in [6.45, 7) is 5.07. The Labute approximate surface area is 124 Å². The van der Waals surface area contributed by atoms with E-state index < -0.39 is 24.0 Å². The molecule has 8 heteroatoms. The van der Waals surface area contributed by atoms with Gasteiger partial charge in [0.05, 0.1) is 25.8 Å². The van der Waals surface area contributed by atoms with E-state index in [0.717, 1.165) is 0 Å². The van der Waals surface area contributed by atoms with Gasteiger partial charge >= 0.3 is 12.0 Å². The monoisotopic (exact) mass is 301 g/mol. The molecule has 0 aromatic rings. The lowest BCUT2D eigenvalue weighted by Gasteiger charge is -2.27. The molecule has 1 aliphatic rings. The van der Waals surface area contributed by atoms with Gasteiger partial charge in [-0.15, -0.1) is 0 Å². The number of carboxylic acid groups (broad SMARTS) is 1. The molecule has 0 aliphatic carbocycles. The lowest BCUT2D eigenvalue weighted by molar-refractivity contribution is -0.142. The lowest BCUT2D eigenvalue weighted by atomic mass is 10.0. The number of nitrogens with one attached hydrogen (secondary N) is 1. The van der Waals surface area contributed by atoms with Gasteiger partial charge in [0.2, 0.25) is 5.91 Å². The first-order valence-electron chi connectivity index (χ1n) is 7.01. The standard InChI is InChI=1S/C13H23N3O5/c1-4-16(5-2)11(17)6-14-13(20)15(3)10-8-21-7-9(10)12(18)19/h9-10H,4-8H2,1-3H3,(H,14,20)(H,18,19). The average molecular weight is 301 g/mol. The van der Waals surface area contributed by atoms with Crippen molar-refractivity contribution in [2.24, 2.45) is 5.92 Å². The number of carboxylic acids is 1. The number of ether oxygens (including phenoxy) is 1. The summed E-state index contributed by atoms with van der Waals surface area (Å²) in [6, 6.07) is -0.997. The predicted octanol–water partition coefficient (Wildman–Crippen LogP) is -0.404. The summed E-state index contributed by atoms with van der Waals surface area (Å²) < 4.78 is 5.12. The highest BCUT2D eigenvalue weighted by atomic mass is 16.5. The second-order valence-corrected chi connectivity index (χ2v) is 4.89. The van der Waals surface area contributed by atoms with Crippen LogP contribution in [-0.4, -0.2) is 78.8 Å². The van der Waals surface area contributed by atoms with Gasteiger partial charge in [0.1, 0.15) is 5.92 Å². The molecular formula is C13H23N3O5. The highest BCUT2D eigenvalue weighted by Crippen LogP contribution is 2.18. The molecule has 2 unspecified atom stereocenters. The van der Waals surface area contributed by atoms with Crippen LogP contribution in [0.1, 0.15) is 13.8 Å². The van der Waals surface area contributed by atoms with Gasteiger partial charge in [-0.3, -0.25) is 9.59 Å². The number of urea groups is 1. The fourth-order valence-electron chi connectivity index (χ4n) is 2.28. The van der Waals surface area contributed by atoms with Gasteiger partial charge in [-0.2, -0.15) is 0 Å². The Morgan fingerprint density at radius 3 is 2.38 bits per heavy atom. The van der Waals surface area contributed by atoms with Gasteiger partial charge in [-0.1, -0.05) is 0 Å². The number of nitrogens with zero attached hydrogens (tertiary/aromatic N) is 2. The van der Waals surface area contributed by atoms with E-state index >= 15 is 0 Å². The number of aliphatic carboxylic acids is 1. The molecule has 0 radical (unpaired) electrons. The quantitative estimate of drug-likeness (QED) is 0.695. The number of carbonyl (C=O) groups is 3. The van der Waals surface area contributed by atoms with Gasteiger partial charge in [0, 0.05) is 20.1 Å². The number of hydrogen-bond donors (Lipinski definition) is 2. The van der Waals surface area contributed by atoms with Crippen molar-refractivity contribution in [2.45, 2.75) is 19.9 Å². The fraction of sp³-hybridized carbons (Fsp3) is 0.769. The number of likely N-dealkylation sites (N-methyl/N-ethyl adjacent to an activating group) is 2. The Bertz CT molecular complexity index is 397. The average Bonchev–Trinajstić information content (AvgIpc) is 2.94. The van der Waals surface area contributed by atoms with Crippen molar-refractivity contribution in [3.63, 3.8) is 0 Å². The third-order valence-electron chi connectivity index (χ3n) is 3.69. The second kappa shape index (κ2) is 7.82. The third kappa shape index (κ3) is 4.32. The van der Waals surface area contributed by atoms with E-state index in [1.165, 1.54) is 11.9 Å². The SMILES string of the molecule is CCN(CC)C(=O)CNC(=O)N(C)C1COCC1C(=O)O. The van der Waals surface area contributed by atoms with Gasteiger partial charge in [0.15, 0.2) is 0 Å². The maximum Gasteiger partial charge on any atom is 0.317 e. The summed E-state index contributed by atoms with van der Waals surface area (Å²) in [7, 11) is 1.51. The molecule has 0 bridgehead atoms. The molecule has 2 N–H and O–H groups in total. The summed E-state index contributed by atoms with van der Waals surface area (Å²) in [6.07, 6.45) is 0. The van der Waals surface area contributed by atoms with Crippen LogP contribution in [0.4, 0.5) is 4.79 Å². The van der Waals surface area contributed by atoms with Crippen molar-refractivity contribution in [2.75, 3.05) is 39.9 Å². The second-order valence-electron chi connectivity index (χ2n) is 4.89. The predicted molar refractivity (Wildman–Crippen MR) is 74.8 cm³/mol. The van der Waals surface area contributed by atoms with Gasteiger partial charge in [0.25, 0.3) is 0 Å². The first-order valence-corrected chi connectivity index (χ1v) is 7.01. The molecule has 2 atom stereocenters. The molecule has 1 aliphatic heterocycles. The molecule has 1 heterocycles. The Morgan fingerprint density at radius 2 is 1.86 bits per heavy atom. The highest BCUT2D eigenvalue weighted by molar-refractivity contribution is 5.84. The van der Waals surface area contributed by atoms with E-state index in [-0.39, 0.29) is 25.7 Å². The summed E-state index contributed by atoms with van der Waals surface area (Å²) in [5, 5.41) is 11.6. The van der Waals surface area contributed by atoms with E-state index in [9.17, 15) is 14.4 Å². The molecule has 0 aromatic carbocycles. The summed E-state index contributed by atoms with van der Waals surface area (Å²) >= 11 is 0. The van der Waals surface area contributed by atoms with E-state index in [2.05, 4.69) is 5.32 Å². The van der Waals surface area contributed by atoms with Crippen LogP contribution in [0, 0.1) is 5.92 Å². The van der Waals surface area contributed by atoms with E-state index in [4.69, 9.17) is 9.84 Å². The number of amides is 3. The molecule has 3 amide bonds. The summed E-state index contributed by atoms with van der Waals surface area (Å²) in [4.78, 5) is 37.8. The highest BCUT2D eigenvalue weighted by Gasteiger charge is 2.38. The Balaban J connectivity index is 2.51. The van der Waals surface area contributed by atoms with Gasteiger partial charge in [-0.05, 0) is 13.8 Å². The van der Waals surface area contributed by atoms with Crippen LogP contribution in [0.15, 0.2) is 0 Å². The summed E-state index contributed by atoms with van der Waals surface area (Å²) in [5.74, 6) is -1.89. The molecule has 0 saturated carbocycles. The first kappa shape index (κ1) is 17.2. The van der Waals surface area contributed by atoms with Crippen LogP contribution in [0.3, 0.4) is 0 Å². The molecule has 8 nitrogen and oxygen atoms in total. The molecule has 1 fully saturated rings. The Morgan fingerprint density at radius 1 is 1.24 bits per heavy atom. The van der Waals surface area contributed by atoms with Crippen molar-refractivity contribution in [1.29, 1.82) is 0 Å². The number of carbonyl (C=O) groups excluding carboxylic acids is 2. The fourth-order valence-corrected chi connectivity index (χ4v) is 2.28. The zero-order valence-electron chi connectivity index (χ0n) is 12.7. The normalized spacial score (nSPS) is 20.9. The van der Waals surface area contributed by atoms with E-state index in [0.29, 0.717) is 13.1 Å². The van der Waals surface area contributed by atoms with Gasteiger partial charge in [-0.25, -0.2) is 4.79 Å². The van der Waals surface area contributed by atoms with Crippen molar-refractivity contribution >= 4 is 17.9 Å². The zero-order chi connectivity index (χ0) is 16.0. The molecule has 120 valence electrons. The van der Waals surface area contributed by atoms with E-state index in [1.807, 2.05) is 13.8 Å². The minimum absolute atomic E-state index is 0.0933. The molecular weight excluding hydrogens is 278 g/mol. The van der Waals surface area contributed by atoms with E-state index in [1.54, 1.807) is 4.90 Å². The number of hydrogen-bond acceptors (Lipinski definition) is 4. The Kier molecular flexibility index (Phi) is 6.41. The molecule has 21 heavy (non-hydrogen) atoms. The molecule has 0 aromatic heterocycles. The molecule has 0 spiro atoms. The molecule has 1 saturated heterocycles. The smallest absolute Gasteiger partial charge is 0.317 e. The first-order chi connectivity index (χ1) is 9.92. The van der Waals surface area contributed by atoms with Crippen LogP contribution < -0.4 is 5.32 Å². The van der Waals surface area contributed by atoms with Crippen LogP contribution >= 0.6 is 0 Å². The van der Waals surface area contributed by atoms with Crippen LogP contribution in [-0.2, 0) is 14.3 Å². The van der Waals surface area contributed by atoms with Crippen molar-refractivity contribution < 1.29 is 24.2 Å². The van der Waals surface area contributed by atoms with Crippen molar-refractivity contribution in [3.8, 4) is 0 Å². The lowest BCUT2D eigenvalue weighted by Crippen LogP contribution is -2.50. The van der Waals surface area contributed by atoms with Crippen LogP contribution in [0.5, 0.6) is 0 Å². The third-order valence-corrected chi connectivity index (χ3v) is 3.69. The Hall–Kier alpha value is -1.83. The summed E-state index contributed by atoms with van der Waals surface area (Å²) in [5.41, 5.74) is 0. The minimum atomic E-state index is -0.989.